The van der Waals surface area contributed by atoms with E-state index in [1.165, 1.54) is 6.07 Å². The quantitative estimate of drug-likeness (QED) is 0.602. The zero-order valence-corrected chi connectivity index (χ0v) is 16.3. The highest BCUT2D eigenvalue weighted by Crippen LogP contribution is 2.36. The van der Waals surface area contributed by atoms with Gasteiger partial charge in [0.15, 0.2) is 11.6 Å². The highest BCUT2D eigenvalue weighted by atomic mass is 19.2. The van der Waals surface area contributed by atoms with Gasteiger partial charge in [-0.15, -0.1) is 0 Å². The van der Waals surface area contributed by atoms with E-state index < -0.39 is 23.6 Å². The minimum Gasteiger partial charge on any atom is -0.385 e. The van der Waals surface area contributed by atoms with Crippen LogP contribution >= 0.6 is 0 Å². The predicted molar refractivity (Wildman–Crippen MR) is 107 cm³/mol. The number of benzene rings is 2. The van der Waals surface area contributed by atoms with Crippen LogP contribution < -0.4 is 10.2 Å². The van der Waals surface area contributed by atoms with E-state index in [-0.39, 0.29) is 18.0 Å². The second-order valence-corrected chi connectivity index (χ2v) is 7.00. The van der Waals surface area contributed by atoms with Gasteiger partial charge in [0, 0.05) is 32.0 Å². The molecule has 1 aliphatic heterocycles. The first-order valence-corrected chi connectivity index (χ1v) is 9.52. The van der Waals surface area contributed by atoms with E-state index in [1.54, 1.807) is 16.6 Å². The summed E-state index contributed by atoms with van der Waals surface area (Å²) < 4.78 is 33.4. The van der Waals surface area contributed by atoms with Crippen molar-refractivity contribution in [1.29, 1.82) is 0 Å². The van der Waals surface area contributed by atoms with Crippen molar-refractivity contribution >= 4 is 34.5 Å². The molecule has 1 unspecified atom stereocenters. The molecule has 1 aromatic heterocycles. The second-order valence-electron chi connectivity index (χ2n) is 7.00. The van der Waals surface area contributed by atoms with Crippen molar-refractivity contribution in [3.63, 3.8) is 0 Å². The van der Waals surface area contributed by atoms with Crippen LogP contribution in [0.15, 0.2) is 42.5 Å². The van der Waals surface area contributed by atoms with Crippen LogP contribution in [0.25, 0.3) is 11.0 Å². The molecule has 0 bridgehead atoms. The minimum atomic E-state index is -1.06. The Hall–Kier alpha value is -3.33. The third kappa shape index (κ3) is 3.63. The van der Waals surface area contributed by atoms with Gasteiger partial charge < -0.3 is 10.1 Å². The van der Waals surface area contributed by atoms with Gasteiger partial charge in [0.05, 0.1) is 17.5 Å². The van der Waals surface area contributed by atoms with Gasteiger partial charge in [0.1, 0.15) is 6.04 Å². The molecule has 2 amide bonds. The monoisotopic (exact) mass is 414 g/mol. The molecule has 2 heterocycles. The number of carbonyl (C=O) groups excluding carboxylic acids is 2. The van der Waals surface area contributed by atoms with Gasteiger partial charge in [0.2, 0.25) is 11.9 Å². The number of halogens is 2. The van der Waals surface area contributed by atoms with Crippen LogP contribution in [0.3, 0.4) is 0 Å². The molecule has 0 saturated heterocycles. The number of aromatic nitrogens is 2. The molecular formula is C21H20F2N4O3. The summed E-state index contributed by atoms with van der Waals surface area (Å²) in [5, 5.41) is 2.53. The number of carbonyl (C=O) groups is 2. The molecule has 3 aromatic rings. The average Bonchev–Trinajstić information content (AvgIpc) is 3.21. The second kappa shape index (κ2) is 8.19. The molecule has 1 atom stereocenters. The lowest BCUT2D eigenvalue weighted by atomic mass is 10.1. The highest BCUT2D eigenvalue weighted by Gasteiger charge is 2.40. The largest absolute Gasteiger partial charge is 0.385 e. The van der Waals surface area contributed by atoms with E-state index in [4.69, 9.17) is 4.74 Å². The van der Waals surface area contributed by atoms with Crippen molar-refractivity contribution in [2.24, 2.45) is 0 Å². The van der Waals surface area contributed by atoms with Gasteiger partial charge in [-0.25, -0.2) is 13.8 Å². The maximum absolute atomic E-state index is 13.4. The maximum atomic E-state index is 13.4. The molecule has 30 heavy (non-hydrogen) atoms. The fraction of sp³-hybridized carbons (Fsp3) is 0.286. The Morgan fingerprint density at radius 1 is 1.20 bits per heavy atom. The van der Waals surface area contributed by atoms with Gasteiger partial charge in [-0.1, -0.05) is 12.1 Å². The zero-order chi connectivity index (χ0) is 21.3. The Bertz CT molecular complexity index is 1110. The number of rotatable bonds is 7. The Morgan fingerprint density at radius 3 is 2.77 bits per heavy atom. The summed E-state index contributed by atoms with van der Waals surface area (Å²) in [6, 6.07) is 9.71. The number of ether oxygens (including phenoxy) is 1. The number of para-hydroxylation sites is 2. The molecule has 9 heteroatoms. The van der Waals surface area contributed by atoms with Gasteiger partial charge in [-0.05, 0) is 30.7 Å². The summed E-state index contributed by atoms with van der Waals surface area (Å²) in [4.78, 5) is 31.8. The fourth-order valence-corrected chi connectivity index (χ4v) is 3.64. The summed E-state index contributed by atoms with van der Waals surface area (Å²) >= 11 is 0. The number of nitrogens with zero attached hydrogens (tertiary/aromatic N) is 3. The molecule has 0 fully saturated rings. The Labute approximate surface area is 171 Å². The molecular weight excluding hydrogens is 394 g/mol. The number of methoxy groups -OCH3 is 1. The van der Waals surface area contributed by atoms with Crippen molar-refractivity contribution in [2.45, 2.75) is 18.9 Å². The number of anilines is 2. The van der Waals surface area contributed by atoms with E-state index in [1.807, 2.05) is 24.3 Å². The average molecular weight is 414 g/mol. The molecule has 2 aromatic carbocycles. The van der Waals surface area contributed by atoms with Crippen molar-refractivity contribution in [1.82, 2.24) is 9.55 Å². The molecule has 0 saturated carbocycles. The number of amides is 2. The lowest BCUT2D eigenvalue weighted by molar-refractivity contribution is -0.124. The smallest absolute Gasteiger partial charge is 0.253 e. The number of nitrogens with one attached hydrogen (secondary N) is 1. The molecule has 1 aliphatic rings. The van der Waals surface area contributed by atoms with Crippen LogP contribution in [-0.2, 0) is 14.3 Å². The normalized spacial score (nSPS) is 15.6. The standard InChI is InChI=1S/C21H20F2N4O3/c1-30-10-4-9-26-20(29)18(27-17-6-3-2-5-16(17)25-21(26)27)12-19(28)24-13-7-8-14(22)15(23)11-13/h2-3,5-8,11,18H,4,9-10,12H2,1H3,(H,24,28). The maximum Gasteiger partial charge on any atom is 0.253 e. The van der Waals surface area contributed by atoms with Crippen molar-refractivity contribution in [3.8, 4) is 0 Å². The third-order valence-corrected chi connectivity index (χ3v) is 4.99. The summed E-state index contributed by atoms with van der Waals surface area (Å²) in [7, 11) is 1.59. The fourth-order valence-electron chi connectivity index (χ4n) is 3.64. The molecule has 0 spiro atoms. The number of fused-ring (bicyclic) bond motifs is 3. The van der Waals surface area contributed by atoms with Crippen LogP contribution in [-0.4, -0.2) is 41.6 Å². The van der Waals surface area contributed by atoms with Gasteiger partial charge in [-0.2, -0.15) is 0 Å². The Balaban J connectivity index is 1.60. The van der Waals surface area contributed by atoms with E-state index in [0.717, 1.165) is 23.2 Å². The van der Waals surface area contributed by atoms with Crippen molar-refractivity contribution in [3.05, 3.63) is 54.1 Å². The van der Waals surface area contributed by atoms with Crippen LogP contribution in [0, 0.1) is 11.6 Å². The minimum absolute atomic E-state index is 0.122. The van der Waals surface area contributed by atoms with Crippen molar-refractivity contribution < 1.29 is 23.1 Å². The van der Waals surface area contributed by atoms with Gasteiger partial charge in [0.25, 0.3) is 5.91 Å². The molecule has 1 N–H and O–H groups in total. The number of hydrogen-bond donors (Lipinski definition) is 1. The lowest BCUT2D eigenvalue weighted by Crippen LogP contribution is -2.32. The summed E-state index contributed by atoms with van der Waals surface area (Å²) in [5.74, 6) is -2.29. The lowest BCUT2D eigenvalue weighted by Gasteiger charge is -2.15. The topological polar surface area (TPSA) is 76.5 Å². The highest BCUT2D eigenvalue weighted by molar-refractivity contribution is 6.05. The van der Waals surface area contributed by atoms with E-state index >= 15 is 0 Å². The predicted octanol–water partition coefficient (Wildman–Crippen LogP) is 3.27. The Kier molecular flexibility index (Phi) is 5.45. The van der Waals surface area contributed by atoms with Crippen LogP contribution in [0.4, 0.5) is 20.4 Å². The summed E-state index contributed by atoms with van der Waals surface area (Å²) in [5.41, 5.74) is 1.60. The first kappa shape index (κ1) is 20.0. The summed E-state index contributed by atoms with van der Waals surface area (Å²) in [6.07, 6.45) is 0.463. The van der Waals surface area contributed by atoms with Crippen LogP contribution in [0.2, 0.25) is 0 Å². The summed E-state index contributed by atoms with van der Waals surface area (Å²) in [6.45, 7) is 0.905. The SMILES string of the molecule is COCCCN1C(=O)C(CC(=O)Nc2ccc(F)c(F)c2)n2c1nc1ccccc12. The first-order valence-electron chi connectivity index (χ1n) is 9.52. The molecule has 156 valence electrons. The Morgan fingerprint density at radius 2 is 2.00 bits per heavy atom. The van der Waals surface area contributed by atoms with E-state index in [9.17, 15) is 18.4 Å². The molecule has 7 nitrogen and oxygen atoms in total. The zero-order valence-electron chi connectivity index (χ0n) is 16.3. The van der Waals surface area contributed by atoms with Crippen LogP contribution in [0.5, 0.6) is 0 Å². The third-order valence-electron chi connectivity index (χ3n) is 4.99. The number of hydrogen-bond acceptors (Lipinski definition) is 4. The molecule has 0 radical (unpaired) electrons. The van der Waals surface area contributed by atoms with E-state index in [0.29, 0.717) is 25.5 Å². The van der Waals surface area contributed by atoms with Gasteiger partial charge >= 0.3 is 0 Å². The number of imidazole rings is 1. The molecule has 4 rings (SSSR count). The van der Waals surface area contributed by atoms with Crippen LogP contribution in [0.1, 0.15) is 18.9 Å². The van der Waals surface area contributed by atoms with Gasteiger partial charge in [-0.3, -0.25) is 19.1 Å². The van der Waals surface area contributed by atoms with E-state index in [2.05, 4.69) is 10.3 Å². The molecule has 0 aliphatic carbocycles. The van der Waals surface area contributed by atoms with Crippen molar-refractivity contribution in [2.75, 3.05) is 30.5 Å². The first-order chi connectivity index (χ1) is 14.5.